The minimum atomic E-state index is 0.307. The van der Waals surface area contributed by atoms with Crippen LogP contribution in [-0.4, -0.2) is 6.54 Å². The summed E-state index contributed by atoms with van der Waals surface area (Å²) in [6.07, 6.45) is 0. The van der Waals surface area contributed by atoms with Crippen molar-refractivity contribution in [1.82, 2.24) is 0 Å². The summed E-state index contributed by atoms with van der Waals surface area (Å²) in [5.74, 6) is 0.679. The van der Waals surface area contributed by atoms with Crippen LogP contribution in [0.3, 0.4) is 0 Å². The van der Waals surface area contributed by atoms with E-state index < -0.39 is 0 Å². The molecule has 0 saturated carbocycles. The van der Waals surface area contributed by atoms with Gasteiger partial charge in [-0.05, 0) is 24.5 Å². The van der Waals surface area contributed by atoms with Crippen molar-refractivity contribution < 1.29 is 0 Å². The van der Waals surface area contributed by atoms with E-state index in [9.17, 15) is 0 Å². The van der Waals surface area contributed by atoms with Gasteiger partial charge in [0.25, 0.3) is 0 Å². The van der Waals surface area contributed by atoms with Crippen LogP contribution in [0.2, 0.25) is 0 Å². The van der Waals surface area contributed by atoms with Crippen LogP contribution < -0.4 is 5.32 Å². The molecular weight excluding hydrogens is 170 g/mol. The van der Waals surface area contributed by atoms with Crippen LogP contribution in [0, 0.1) is 12.8 Å². The lowest BCUT2D eigenvalue weighted by atomic mass is 9.75. The van der Waals surface area contributed by atoms with Gasteiger partial charge < -0.3 is 5.32 Å². The number of benzene rings is 1. The van der Waals surface area contributed by atoms with Gasteiger partial charge in [0, 0.05) is 17.6 Å². The van der Waals surface area contributed by atoms with Gasteiger partial charge in [-0.15, -0.1) is 0 Å². The quantitative estimate of drug-likeness (QED) is 0.714. The monoisotopic (exact) mass is 189 g/mol. The van der Waals surface area contributed by atoms with E-state index in [1.807, 2.05) is 0 Å². The highest BCUT2D eigenvalue weighted by molar-refractivity contribution is 5.61. The second kappa shape index (κ2) is 3.01. The highest BCUT2D eigenvalue weighted by Gasteiger charge is 2.36. The maximum atomic E-state index is 3.50. The summed E-state index contributed by atoms with van der Waals surface area (Å²) in [5, 5.41) is 3.50. The van der Waals surface area contributed by atoms with Gasteiger partial charge in [0.1, 0.15) is 0 Å². The average molecular weight is 189 g/mol. The van der Waals surface area contributed by atoms with Gasteiger partial charge in [-0.2, -0.15) is 0 Å². The minimum absolute atomic E-state index is 0.307. The molecular formula is C13H19N. The van der Waals surface area contributed by atoms with Gasteiger partial charge in [-0.3, -0.25) is 0 Å². The Kier molecular flexibility index (Phi) is 2.06. The summed E-state index contributed by atoms with van der Waals surface area (Å²) < 4.78 is 0. The molecule has 0 amide bonds. The van der Waals surface area contributed by atoms with Crippen LogP contribution in [-0.2, 0) is 5.41 Å². The van der Waals surface area contributed by atoms with Gasteiger partial charge >= 0.3 is 0 Å². The molecule has 0 aromatic heterocycles. The second-order valence-electron chi connectivity index (χ2n) is 4.97. The minimum Gasteiger partial charge on any atom is -0.384 e. The van der Waals surface area contributed by atoms with E-state index in [4.69, 9.17) is 0 Å². The molecule has 1 unspecified atom stereocenters. The molecule has 1 aromatic carbocycles. The van der Waals surface area contributed by atoms with Gasteiger partial charge in [0.05, 0.1) is 0 Å². The highest BCUT2D eigenvalue weighted by Crippen LogP contribution is 2.41. The average Bonchev–Trinajstić information content (AvgIpc) is 2.46. The molecule has 0 radical (unpaired) electrons. The molecule has 1 aliphatic rings. The number of fused-ring (bicyclic) bond motifs is 1. The smallest absolute Gasteiger partial charge is 0.0379 e. The lowest BCUT2D eigenvalue weighted by molar-refractivity contribution is 0.371. The highest BCUT2D eigenvalue weighted by atomic mass is 14.9. The number of anilines is 1. The Hall–Kier alpha value is -0.980. The fourth-order valence-electron chi connectivity index (χ4n) is 2.17. The van der Waals surface area contributed by atoms with Crippen LogP contribution in [0.25, 0.3) is 0 Å². The third kappa shape index (κ3) is 1.23. The first-order chi connectivity index (χ1) is 6.54. The summed E-state index contributed by atoms with van der Waals surface area (Å²) in [6.45, 7) is 10.2. The Bertz CT molecular complexity index is 354. The number of rotatable bonds is 1. The van der Waals surface area contributed by atoms with Crippen LogP contribution in [0.15, 0.2) is 18.2 Å². The maximum absolute atomic E-state index is 3.50. The van der Waals surface area contributed by atoms with E-state index in [-0.39, 0.29) is 0 Å². The third-order valence-electron chi connectivity index (χ3n) is 3.71. The Morgan fingerprint density at radius 2 is 2.07 bits per heavy atom. The molecule has 0 saturated heterocycles. The Balaban J connectivity index is 2.52. The van der Waals surface area contributed by atoms with Crippen molar-refractivity contribution in [2.24, 2.45) is 5.92 Å². The molecule has 1 aromatic rings. The Morgan fingerprint density at radius 3 is 2.71 bits per heavy atom. The third-order valence-corrected chi connectivity index (χ3v) is 3.71. The predicted molar refractivity (Wildman–Crippen MR) is 61.9 cm³/mol. The van der Waals surface area contributed by atoms with Crippen molar-refractivity contribution in [3.05, 3.63) is 29.3 Å². The Labute approximate surface area is 86.5 Å². The van der Waals surface area contributed by atoms with Crippen molar-refractivity contribution in [1.29, 1.82) is 0 Å². The predicted octanol–water partition coefficient (Wildman–Crippen LogP) is 3.33. The van der Waals surface area contributed by atoms with Crippen molar-refractivity contribution >= 4 is 5.69 Å². The number of hydrogen-bond acceptors (Lipinski definition) is 1. The summed E-state index contributed by atoms with van der Waals surface area (Å²) in [7, 11) is 0. The molecule has 14 heavy (non-hydrogen) atoms. The molecule has 2 rings (SSSR count). The van der Waals surface area contributed by atoms with Crippen molar-refractivity contribution in [2.45, 2.75) is 33.1 Å². The van der Waals surface area contributed by atoms with Gasteiger partial charge in [0.2, 0.25) is 0 Å². The molecule has 1 aliphatic heterocycles. The zero-order valence-corrected chi connectivity index (χ0v) is 9.52. The van der Waals surface area contributed by atoms with Crippen molar-refractivity contribution in [2.75, 3.05) is 11.9 Å². The zero-order chi connectivity index (χ0) is 10.3. The lowest BCUT2D eigenvalue weighted by Gasteiger charge is -2.29. The molecule has 76 valence electrons. The van der Waals surface area contributed by atoms with E-state index in [0.717, 1.165) is 6.54 Å². The number of hydrogen-bond donors (Lipinski definition) is 1. The van der Waals surface area contributed by atoms with E-state index in [2.05, 4.69) is 51.2 Å². The topological polar surface area (TPSA) is 12.0 Å². The molecule has 0 aliphatic carbocycles. The maximum Gasteiger partial charge on any atom is 0.0379 e. The van der Waals surface area contributed by atoms with Crippen LogP contribution in [0.1, 0.15) is 31.9 Å². The molecule has 1 N–H and O–H groups in total. The summed E-state index contributed by atoms with van der Waals surface area (Å²) in [5.41, 5.74) is 4.49. The van der Waals surface area contributed by atoms with Gasteiger partial charge in [0.15, 0.2) is 0 Å². The molecule has 1 heterocycles. The molecule has 0 fully saturated rings. The summed E-state index contributed by atoms with van der Waals surface area (Å²) in [4.78, 5) is 0. The van der Waals surface area contributed by atoms with Crippen LogP contribution >= 0.6 is 0 Å². The summed E-state index contributed by atoms with van der Waals surface area (Å²) >= 11 is 0. The standard InChI is InChI=1S/C13H19N/c1-9(2)13(4)8-14-12-6-5-10(3)7-11(12)13/h5-7,9,14H,8H2,1-4H3. The molecule has 1 atom stereocenters. The molecule has 1 heteroatoms. The second-order valence-corrected chi connectivity index (χ2v) is 4.97. The van der Waals surface area contributed by atoms with E-state index in [1.165, 1.54) is 16.8 Å². The number of aryl methyl sites for hydroxylation is 1. The van der Waals surface area contributed by atoms with E-state index in [0.29, 0.717) is 11.3 Å². The Morgan fingerprint density at radius 1 is 1.36 bits per heavy atom. The van der Waals surface area contributed by atoms with Crippen molar-refractivity contribution in [3.8, 4) is 0 Å². The van der Waals surface area contributed by atoms with Crippen LogP contribution in [0.4, 0.5) is 5.69 Å². The molecule has 1 nitrogen and oxygen atoms in total. The van der Waals surface area contributed by atoms with Gasteiger partial charge in [-0.25, -0.2) is 0 Å². The van der Waals surface area contributed by atoms with E-state index in [1.54, 1.807) is 0 Å². The lowest BCUT2D eigenvalue weighted by Crippen LogP contribution is -2.30. The zero-order valence-electron chi connectivity index (χ0n) is 9.52. The molecule has 0 bridgehead atoms. The fourth-order valence-corrected chi connectivity index (χ4v) is 2.17. The van der Waals surface area contributed by atoms with Crippen LogP contribution in [0.5, 0.6) is 0 Å². The first-order valence-electron chi connectivity index (χ1n) is 5.39. The molecule has 0 spiro atoms. The largest absolute Gasteiger partial charge is 0.384 e. The first kappa shape index (κ1) is 9.57. The summed E-state index contributed by atoms with van der Waals surface area (Å²) in [6, 6.07) is 6.71. The fraction of sp³-hybridized carbons (Fsp3) is 0.538. The van der Waals surface area contributed by atoms with E-state index >= 15 is 0 Å². The first-order valence-corrected chi connectivity index (χ1v) is 5.39. The van der Waals surface area contributed by atoms with Gasteiger partial charge in [-0.1, -0.05) is 38.5 Å². The van der Waals surface area contributed by atoms with Crippen molar-refractivity contribution in [3.63, 3.8) is 0 Å². The SMILES string of the molecule is Cc1ccc2c(c1)C(C)(C(C)C)CN2. The normalized spacial score (nSPS) is 24.9. The number of nitrogens with one attached hydrogen (secondary N) is 1.